The van der Waals surface area contributed by atoms with Gasteiger partial charge in [0.1, 0.15) is 0 Å². The van der Waals surface area contributed by atoms with Gasteiger partial charge in [-0.15, -0.1) is 0 Å². The maximum Gasteiger partial charge on any atom is 0.251 e. The third-order valence-electron chi connectivity index (χ3n) is 2.18. The van der Waals surface area contributed by atoms with Crippen LogP contribution in [0.4, 0.5) is 0 Å². The summed E-state index contributed by atoms with van der Waals surface area (Å²) in [5.41, 5.74) is 1.48. The summed E-state index contributed by atoms with van der Waals surface area (Å²) in [6.45, 7) is 2.47. The van der Waals surface area contributed by atoms with Crippen LogP contribution in [-0.2, 0) is 4.79 Å². The number of likely N-dealkylation sites (N-methyl/N-ethyl adjacent to an activating group) is 1. The Morgan fingerprint density at radius 3 is 2.41 bits per heavy atom. The van der Waals surface area contributed by atoms with E-state index in [4.69, 9.17) is 0 Å². The van der Waals surface area contributed by atoms with Crippen molar-refractivity contribution >= 4 is 17.9 Å². The van der Waals surface area contributed by atoms with Crippen molar-refractivity contribution in [2.75, 3.05) is 13.6 Å². The molecule has 0 radical (unpaired) electrons. The highest BCUT2D eigenvalue weighted by Crippen LogP contribution is 2.06. The van der Waals surface area contributed by atoms with Crippen LogP contribution in [0.15, 0.2) is 30.3 Å². The molecule has 4 heteroatoms. The summed E-state index contributed by atoms with van der Waals surface area (Å²) >= 11 is 0. The van der Waals surface area contributed by atoms with Crippen molar-refractivity contribution in [1.29, 1.82) is 0 Å². The first-order chi connectivity index (χ1) is 8.17. The second-order valence-corrected chi connectivity index (χ2v) is 3.43. The fourth-order valence-electron chi connectivity index (χ4n) is 1.30. The molecule has 0 bridgehead atoms. The van der Waals surface area contributed by atoms with Gasteiger partial charge in [0.05, 0.1) is 0 Å². The lowest BCUT2D eigenvalue weighted by Gasteiger charge is -2.00. The van der Waals surface area contributed by atoms with Gasteiger partial charge in [0.25, 0.3) is 5.91 Å². The van der Waals surface area contributed by atoms with Gasteiger partial charge in [-0.25, -0.2) is 0 Å². The van der Waals surface area contributed by atoms with E-state index in [9.17, 15) is 9.59 Å². The molecule has 0 aliphatic rings. The van der Waals surface area contributed by atoms with Crippen LogP contribution < -0.4 is 10.6 Å². The monoisotopic (exact) mass is 232 g/mol. The molecule has 17 heavy (non-hydrogen) atoms. The van der Waals surface area contributed by atoms with Gasteiger partial charge in [0, 0.05) is 25.2 Å². The average molecular weight is 232 g/mol. The maximum absolute atomic E-state index is 11.3. The minimum absolute atomic E-state index is 0.121. The molecule has 90 valence electrons. The maximum atomic E-state index is 11.3. The zero-order chi connectivity index (χ0) is 12.7. The summed E-state index contributed by atoms with van der Waals surface area (Å²) in [5.74, 6) is -0.243. The van der Waals surface area contributed by atoms with E-state index in [0.717, 1.165) is 5.56 Å². The van der Waals surface area contributed by atoms with Crippen LogP contribution in [0.5, 0.6) is 0 Å². The van der Waals surface area contributed by atoms with E-state index >= 15 is 0 Å². The summed E-state index contributed by atoms with van der Waals surface area (Å²) in [5, 5.41) is 5.21. The highest BCUT2D eigenvalue weighted by atomic mass is 16.2. The minimum atomic E-state index is -0.122. The second-order valence-electron chi connectivity index (χ2n) is 3.43. The lowest BCUT2D eigenvalue weighted by Crippen LogP contribution is -2.19. The van der Waals surface area contributed by atoms with E-state index in [1.807, 2.05) is 6.92 Å². The van der Waals surface area contributed by atoms with E-state index in [1.165, 1.54) is 6.08 Å². The first kappa shape index (κ1) is 13.0. The second kappa shape index (κ2) is 6.48. The average Bonchev–Trinajstić information content (AvgIpc) is 2.36. The van der Waals surface area contributed by atoms with E-state index in [1.54, 1.807) is 37.4 Å². The summed E-state index contributed by atoms with van der Waals surface area (Å²) in [6, 6.07) is 7.02. The molecule has 0 spiro atoms. The third kappa shape index (κ3) is 4.10. The molecule has 0 aliphatic carbocycles. The molecule has 0 atom stereocenters. The fourth-order valence-corrected chi connectivity index (χ4v) is 1.30. The highest BCUT2D eigenvalue weighted by Gasteiger charge is 2.00. The van der Waals surface area contributed by atoms with Crippen molar-refractivity contribution < 1.29 is 9.59 Å². The van der Waals surface area contributed by atoms with Gasteiger partial charge in [0.2, 0.25) is 5.91 Å². The van der Waals surface area contributed by atoms with Crippen molar-refractivity contribution in [2.24, 2.45) is 0 Å². The first-order valence-electron chi connectivity index (χ1n) is 5.45. The van der Waals surface area contributed by atoms with Gasteiger partial charge in [-0.3, -0.25) is 9.59 Å². The number of benzene rings is 1. The molecular weight excluding hydrogens is 216 g/mol. The van der Waals surface area contributed by atoms with Crippen LogP contribution in [-0.4, -0.2) is 25.4 Å². The van der Waals surface area contributed by atoms with E-state index in [0.29, 0.717) is 12.1 Å². The Hall–Kier alpha value is -2.10. The smallest absolute Gasteiger partial charge is 0.251 e. The number of carbonyl (C=O) groups is 2. The molecule has 2 N–H and O–H groups in total. The summed E-state index contributed by atoms with van der Waals surface area (Å²) < 4.78 is 0. The molecule has 2 amide bonds. The number of rotatable bonds is 4. The van der Waals surface area contributed by atoms with E-state index < -0.39 is 0 Å². The van der Waals surface area contributed by atoms with Crippen LogP contribution in [0.3, 0.4) is 0 Å². The Morgan fingerprint density at radius 1 is 1.24 bits per heavy atom. The third-order valence-corrected chi connectivity index (χ3v) is 2.18. The Labute approximate surface area is 101 Å². The fraction of sp³-hybridized carbons (Fsp3) is 0.231. The Morgan fingerprint density at radius 2 is 1.88 bits per heavy atom. The largest absolute Gasteiger partial charge is 0.355 e. The van der Waals surface area contributed by atoms with E-state index in [-0.39, 0.29) is 11.8 Å². The standard InChI is InChI=1S/C13H16N2O2/c1-3-15-12(16)9-6-10-4-7-11(8-5-10)13(17)14-2/h4-9H,3H2,1-2H3,(H,14,17)(H,15,16)/b9-6+. The van der Waals surface area contributed by atoms with E-state index in [2.05, 4.69) is 10.6 Å². The lowest BCUT2D eigenvalue weighted by atomic mass is 10.1. The van der Waals surface area contributed by atoms with Gasteiger partial charge < -0.3 is 10.6 Å². The zero-order valence-electron chi connectivity index (χ0n) is 9.99. The van der Waals surface area contributed by atoms with Crippen molar-refractivity contribution in [3.63, 3.8) is 0 Å². The van der Waals surface area contributed by atoms with Crippen molar-refractivity contribution in [1.82, 2.24) is 10.6 Å². The molecule has 0 aliphatic heterocycles. The topological polar surface area (TPSA) is 58.2 Å². The summed E-state index contributed by atoms with van der Waals surface area (Å²) in [4.78, 5) is 22.5. The molecule has 1 aromatic carbocycles. The Balaban J connectivity index is 2.68. The number of carbonyl (C=O) groups excluding carboxylic acids is 2. The molecular formula is C13H16N2O2. The van der Waals surface area contributed by atoms with Crippen LogP contribution in [0.2, 0.25) is 0 Å². The number of nitrogens with one attached hydrogen (secondary N) is 2. The number of hydrogen-bond donors (Lipinski definition) is 2. The summed E-state index contributed by atoms with van der Waals surface area (Å²) in [7, 11) is 1.59. The lowest BCUT2D eigenvalue weighted by molar-refractivity contribution is -0.116. The van der Waals surface area contributed by atoms with Gasteiger partial charge in [0.15, 0.2) is 0 Å². The van der Waals surface area contributed by atoms with Gasteiger partial charge >= 0.3 is 0 Å². The van der Waals surface area contributed by atoms with Gasteiger partial charge in [-0.1, -0.05) is 12.1 Å². The zero-order valence-corrected chi connectivity index (χ0v) is 9.99. The van der Waals surface area contributed by atoms with Crippen LogP contribution in [0, 0.1) is 0 Å². The minimum Gasteiger partial charge on any atom is -0.355 e. The predicted octanol–water partition coefficient (Wildman–Crippen LogP) is 1.20. The summed E-state index contributed by atoms with van der Waals surface area (Å²) in [6.07, 6.45) is 3.18. The number of hydrogen-bond acceptors (Lipinski definition) is 2. The molecule has 0 saturated heterocycles. The molecule has 0 aromatic heterocycles. The van der Waals surface area contributed by atoms with Crippen molar-refractivity contribution in [3.8, 4) is 0 Å². The molecule has 0 heterocycles. The van der Waals surface area contributed by atoms with Gasteiger partial charge in [-0.2, -0.15) is 0 Å². The normalized spacial score (nSPS) is 10.2. The first-order valence-corrected chi connectivity index (χ1v) is 5.45. The highest BCUT2D eigenvalue weighted by molar-refractivity contribution is 5.94. The molecule has 0 unspecified atom stereocenters. The molecule has 1 rings (SSSR count). The van der Waals surface area contributed by atoms with Crippen LogP contribution >= 0.6 is 0 Å². The molecule has 1 aromatic rings. The number of amides is 2. The Bertz CT molecular complexity index is 422. The Kier molecular flexibility index (Phi) is 4.94. The molecule has 0 fully saturated rings. The van der Waals surface area contributed by atoms with Crippen LogP contribution in [0.25, 0.3) is 6.08 Å². The van der Waals surface area contributed by atoms with Gasteiger partial charge in [-0.05, 0) is 30.7 Å². The predicted molar refractivity (Wildman–Crippen MR) is 67.5 cm³/mol. The molecule has 0 saturated carbocycles. The SMILES string of the molecule is CCNC(=O)/C=C/c1ccc(C(=O)NC)cc1. The van der Waals surface area contributed by atoms with Crippen LogP contribution in [0.1, 0.15) is 22.8 Å². The van der Waals surface area contributed by atoms with Crippen molar-refractivity contribution in [2.45, 2.75) is 6.92 Å². The quantitative estimate of drug-likeness (QED) is 0.766. The molecule has 4 nitrogen and oxygen atoms in total. The van der Waals surface area contributed by atoms with Crippen molar-refractivity contribution in [3.05, 3.63) is 41.5 Å².